The Balaban J connectivity index is 1.46. The van der Waals surface area contributed by atoms with Gasteiger partial charge in [-0.15, -0.1) is 0 Å². The van der Waals surface area contributed by atoms with Crippen LogP contribution in [0.3, 0.4) is 0 Å². The molecule has 0 unspecified atom stereocenters. The van der Waals surface area contributed by atoms with Crippen molar-refractivity contribution < 1.29 is 18.8 Å². The Morgan fingerprint density at radius 2 is 1.71 bits per heavy atom. The first-order valence-corrected chi connectivity index (χ1v) is 8.77. The van der Waals surface area contributed by atoms with E-state index in [2.05, 4.69) is 16.0 Å². The Morgan fingerprint density at radius 3 is 2.54 bits per heavy atom. The van der Waals surface area contributed by atoms with Gasteiger partial charge in [-0.2, -0.15) is 0 Å². The van der Waals surface area contributed by atoms with Crippen molar-refractivity contribution in [2.75, 3.05) is 16.0 Å². The number of amides is 3. The highest BCUT2D eigenvalue weighted by Crippen LogP contribution is 2.26. The average Bonchev–Trinajstić information content (AvgIpc) is 3.23. The maximum Gasteiger partial charge on any atom is 0.291 e. The summed E-state index contributed by atoms with van der Waals surface area (Å²) in [5.74, 6) is -0.498. The fourth-order valence-electron chi connectivity index (χ4n) is 3.00. The van der Waals surface area contributed by atoms with E-state index >= 15 is 0 Å². The first-order chi connectivity index (χ1) is 13.6. The van der Waals surface area contributed by atoms with Crippen LogP contribution < -0.4 is 16.0 Å². The number of nitrogens with one attached hydrogen (secondary N) is 3. The number of hydrogen-bond acceptors (Lipinski definition) is 4. The Labute approximate surface area is 160 Å². The largest absolute Gasteiger partial charge is 0.459 e. The Hall–Kier alpha value is -3.87. The molecule has 3 N–H and O–H groups in total. The number of carbonyl (C=O) groups excluding carboxylic acids is 3. The lowest BCUT2D eigenvalue weighted by atomic mass is 10.0. The molecule has 4 rings (SSSR count). The van der Waals surface area contributed by atoms with Gasteiger partial charge in [0.2, 0.25) is 5.91 Å². The van der Waals surface area contributed by atoms with Crippen LogP contribution in [0.4, 0.5) is 17.1 Å². The summed E-state index contributed by atoms with van der Waals surface area (Å²) >= 11 is 0. The third-order valence-electron chi connectivity index (χ3n) is 4.39. The number of furan rings is 1. The standard InChI is InChI=1S/C21H17N3O4/c25-19-9-6-13-11-16(7-8-17(13)24-19)22-20(26)14-3-1-4-15(12-14)23-21(27)18-5-2-10-28-18/h1-5,7-8,10-12H,6,9H2,(H,22,26)(H,23,27)(H,24,25). The molecule has 28 heavy (non-hydrogen) atoms. The summed E-state index contributed by atoms with van der Waals surface area (Å²) in [6.45, 7) is 0. The predicted octanol–water partition coefficient (Wildman–Crippen LogP) is 3.67. The average molecular weight is 375 g/mol. The number of aryl methyl sites for hydroxylation is 1. The molecule has 3 aromatic rings. The number of hydrogen-bond donors (Lipinski definition) is 3. The van der Waals surface area contributed by atoms with Gasteiger partial charge in [-0.05, 0) is 60.5 Å². The molecule has 0 radical (unpaired) electrons. The zero-order chi connectivity index (χ0) is 19.5. The minimum Gasteiger partial charge on any atom is -0.459 e. The Bertz CT molecular complexity index is 1060. The second-order valence-electron chi connectivity index (χ2n) is 6.39. The van der Waals surface area contributed by atoms with Crippen molar-refractivity contribution in [1.29, 1.82) is 0 Å². The molecule has 1 aliphatic rings. The maximum absolute atomic E-state index is 12.6. The van der Waals surface area contributed by atoms with E-state index in [1.54, 1.807) is 48.5 Å². The van der Waals surface area contributed by atoms with Gasteiger partial charge in [0.15, 0.2) is 5.76 Å². The molecular formula is C21H17N3O4. The third kappa shape index (κ3) is 3.78. The zero-order valence-corrected chi connectivity index (χ0v) is 14.8. The molecule has 2 aromatic carbocycles. The van der Waals surface area contributed by atoms with Crippen molar-refractivity contribution in [1.82, 2.24) is 0 Å². The van der Waals surface area contributed by atoms with Gasteiger partial charge in [0.1, 0.15) is 0 Å². The molecule has 0 aliphatic carbocycles. The van der Waals surface area contributed by atoms with E-state index in [-0.39, 0.29) is 23.5 Å². The molecule has 3 amide bonds. The van der Waals surface area contributed by atoms with Crippen molar-refractivity contribution in [3.05, 3.63) is 77.7 Å². The normalized spacial score (nSPS) is 12.6. The highest BCUT2D eigenvalue weighted by atomic mass is 16.3. The molecule has 0 fully saturated rings. The lowest BCUT2D eigenvalue weighted by molar-refractivity contribution is -0.116. The monoisotopic (exact) mass is 375 g/mol. The SMILES string of the molecule is O=C1CCc2cc(NC(=O)c3cccc(NC(=O)c4ccco4)c3)ccc2N1. The van der Waals surface area contributed by atoms with Gasteiger partial charge in [0, 0.05) is 29.0 Å². The second kappa shape index (κ2) is 7.40. The van der Waals surface area contributed by atoms with Gasteiger partial charge in [0.05, 0.1) is 6.26 Å². The van der Waals surface area contributed by atoms with Gasteiger partial charge in [0.25, 0.3) is 11.8 Å². The summed E-state index contributed by atoms with van der Waals surface area (Å²) in [7, 11) is 0. The molecule has 7 heteroatoms. The van der Waals surface area contributed by atoms with Crippen LogP contribution in [0, 0.1) is 0 Å². The summed E-state index contributed by atoms with van der Waals surface area (Å²) in [6, 6.07) is 15.2. The molecule has 0 saturated carbocycles. The van der Waals surface area contributed by atoms with Crippen LogP contribution in [-0.2, 0) is 11.2 Å². The highest BCUT2D eigenvalue weighted by Gasteiger charge is 2.16. The summed E-state index contributed by atoms with van der Waals surface area (Å²) < 4.78 is 5.06. The minimum atomic E-state index is -0.390. The fraction of sp³-hybridized carbons (Fsp3) is 0.0952. The summed E-state index contributed by atoms with van der Waals surface area (Å²) in [5, 5.41) is 8.35. The lowest BCUT2D eigenvalue weighted by Crippen LogP contribution is -2.19. The predicted molar refractivity (Wildman–Crippen MR) is 104 cm³/mol. The lowest BCUT2D eigenvalue weighted by Gasteiger charge is -2.17. The number of anilines is 3. The van der Waals surface area contributed by atoms with Gasteiger partial charge < -0.3 is 20.4 Å². The van der Waals surface area contributed by atoms with E-state index in [4.69, 9.17) is 4.42 Å². The van der Waals surface area contributed by atoms with Gasteiger partial charge in [-0.3, -0.25) is 14.4 Å². The summed E-state index contributed by atoms with van der Waals surface area (Å²) in [5.41, 5.74) is 3.30. The van der Waals surface area contributed by atoms with E-state index < -0.39 is 0 Å². The smallest absolute Gasteiger partial charge is 0.291 e. The van der Waals surface area contributed by atoms with Crippen molar-refractivity contribution >= 4 is 34.8 Å². The molecule has 2 heterocycles. The molecule has 0 bridgehead atoms. The van der Waals surface area contributed by atoms with Crippen molar-refractivity contribution in [2.24, 2.45) is 0 Å². The first-order valence-electron chi connectivity index (χ1n) is 8.77. The maximum atomic E-state index is 12.6. The fourth-order valence-corrected chi connectivity index (χ4v) is 3.00. The topological polar surface area (TPSA) is 100 Å². The van der Waals surface area contributed by atoms with Crippen LogP contribution in [0.25, 0.3) is 0 Å². The van der Waals surface area contributed by atoms with E-state index in [9.17, 15) is 14.4 Å². The number of carbonyl (C=O) groups is 3. The van der Waals surface area contributed by atoms with Crippen molar-refractivity contribution in [3.8, 4) is 0 Å². The quantitative estimate of drug-likeness (QED) is 0.648. The van der Waals surface area contributed by atoms with Crippen molar-refractivity contribution in [3.63, 3.8) is 0 Å². The number of fused-ring (bicyclic) bond motifs is 1. The van der Waals surface area contributed by atoms with Crippen LogP contribution in [-0.4, -0.2) is 17.7 Å². The molecule has 0 spiro atoms. The molecule has 1 aromatic heterocycles. The van der Waals surface area contributed by atoms with Gasteiger partial charge >= 0.3 is 0 Å². The molecule has 0 atom stereocenters. The Morgan fingerprint density at radius 1 is 0.893 bits per heavy atom. The van der Waals surface area contributed by atoms with Crippen LogP contribution >= 0.6 is 0 Å². The van der Waals surface area contributed by atoms with Gasteiger partial charge in [-0.1, -0.05) is 6.07 Å². The second-order valence-corrected chi connectivity index (χ2v) is 6.39. The number of rotatable bonds is 4. The molecule has 140 valence electrons. The van der Waals surface area contributed by atoms with Crippen LogP contribution in [0.1, 0.15) is 32.9 Å². The molecule has 1 aliphatic heterocycles. The molecule has 7 nitrogen and oxygen atoms in total. The van der Waals surface area contributed by atoms with Gasteiger partial charge in [-0.25, -0.2) is 0 Å². The van der Waals surface area contributed by atoms with Crippen LogP contribution in [0.5, 0.6) is 0 Å². The Kier molecular flexibility index (Phi) is 4.63. The highest BCUT2D eigenvalue weighted by molar-refractivity contribution is 6.07. The number of benzene rings is 2. The summed E-state index contributed by atoms with van der Waals surface area (Å²) in [4.78, 5) is 36.1. The van der Waals surface area contributed by atoms with E-state index in [0.717, 1.165) is 11.3 Å². The van der Waals surface area contributed by atoms with Crippen molar-refractivity contribution in [2.45, 2.75) is 12.8 Å². The van der Waals surface area contributed by atoms with Crippen LogP contribution in [0.15, 0.2) is 65.3 Å². The van der Waals surface area contributed by atoms with E-state index in [0.29, 0.717) is 29.8 Å². The third-order valence-corrected chi connectivity index (χ3v) is 4.39. The van der Waals surface area contributed by atoms with E-state index in [1.165, 1.54) is 6.26 Å². The van der Waals surface area contributed by atoms with E-state index in [1.807, 2.05) is 6.07 Å². The first kappa shape index (κ1) is 17.5. The molecule has 0 saturated heterocycles. The molecular weight excluding hydrogens is 358 g/mol. The summed E-state index contributed by atoms with van der Waals surface area (Å²) in [6.07, 6.45) is 2.49. The van der Waals surface area contributed by atoms with Crippen LogP contribution in [0.2, 0.25) is 0 Å². The zero-order valence-electron chi connectivity index (χ0n) is 14.8. The minimum absolute atomic E-state index is 0.00213.